The Bertz CT molecular complexity index is 501. The summed E-state index contributed by atoms with van der Waals surface area (Å²) in [6.45, 7) is 0. The number of rotatable bonds is 4. The van der Waals surface area contributed by atoms with Crippen LogP contribution in [-0.4, -0.2) is 20.6 Å². The number of aliphatic hydroxyl groups excluding tert-OH is 1. The van der Waals surface area contributed by atoms with Crippen molar-refractivity contribution in [2.45, 2.75) is 11.0 Å². The lowest BCUT2D eigenvalue weighted by Gasteiger charge is -2.08. The molecule has 0 spiro atoms. The molecule has 0 aliphatic heterocycles. The lowest BCUT2D eigenvalue weighted by Crippen LogP contribution is -1.99. The zero-order valence-corrected chi connectivity index (χ0v) is 11.8. The van der Waals surface area contributed by atoms with Crippen LogP contribution in [0, 0.1) is 0 Å². The molecule has 1 atom stereocenters. The van der Waals surface area contributed by atoms with Crippen molar-refractivity contribution in [1.82, 2.24) is 9.78 Å². The molecule has 1 unspecified atom stereocenters. The standard InChI is InChI=1S/C12H13BrN2OS/c1-15-7-9(6-14-15)11(16)8-17-12-5-3-2-4-10(12)13/h2-7,11,16H,8H2,1H3. The third kappa shape index (κ3) is 3.34. The van der Waals surface area contributed by atoms with E-state index in [9.17, 15) is 5.11 Å². The zero-order valence-electron chi connectivity index (χ0n) is 9.38. The SMILES string of the molecule is Cn1cc(C(O)CSc2ccccc2Br)cn1. The van der Waals surface area contributed by atoms with Gasteiger partial charge in [0.2, 0.25) is 0 Å². The van der Waals surface area contributed by atoms with E-state index in [0.29, 0.717) is 5.75 Å². The Morgan fingerprint density at radius 2 is 2.24 bits per heavy atom. The predicted molar refractivity (Wildman–Crippen MR) is 73.0 cm³/mol. The van der Waals surface area contributed by atoms with E-state index in [-0.39, 0.29) is 0 Å². The summed E-state index contributed by atoms with van der Waals surface area (Å²) in [6, 6.07) is 8.00. The van der Waals surface area contributed by atoms with Gasteiger partial charge in [-0.05, 0) is 28.1 Å². The molecular weight excluding hydrogens is 300 g/mol. The van der Waals surface area contributed by atoms with Gasteiger partial charge >= 0.3 is 0 Å². The number of benzene rings is 1. The summed E-state index contributed by atoms with van der Waals surface area (Å²) in [6.07, 6.45) is 3.05. The number of halogens is 1. The van der Waals surface area contributed by atoms with E-state index >= 15 is 0 Å². The van der Waals surface area contributed by atoms with Crippen LogP contribution in [0.2, 0.25) is 0 Å². The van der Waals surface area contributed by atoms with E-state index in [2.05, 4.69) is 21.0 Å². The number of aryl methyl sites for hydroxylation is 1. The van der Waals surface area contributed by atoms with E-state index in [1.807, 2.05) is 37.5 Å². The van der Waals surface area contributed by atoms with E-state index in [4.69, 9.17) is 0 Å². The molecule has 0 fully saturated rings. The second-order valence-electron chi connectivity index (χ2n) is 3.70. The molecule has 0 radical (unpaired) electrons. The van der Waals surface area contributed by atoms with Crippen LogP contribution in [0.15, 0.2) is 46.0 Å². The van der Waals surface area contributed by atoms with Crippen LogP contribution in [0.25, 0.3) is 0 Å². The summed E-state index contributed by atoms with van der Waals surface area (Å²) in [5, 5.41) is 14.0. The molecule has 1 aromatic carbocycles. The van der Waals surface area contributed by atoms with Gasteiger partial charge in [0.25, 0.3) is 0 Å². The van der Waals surface area contributed by atoms with E-state index < -0.39 is 6.10 Å². The summed E-state index contributed by atoms with van der Waals surface area (Å²) in [4.78, 5) is 1.13. The molecule has 2 rings (SSSR count). The largest absolute Gasteiger partial charge is 0.387 e. The first-order valence-electron chi connectivity index (χ1n) is 5.21. The van der Waals surface area contributed by atoms with Gasteiger partial charge in [-0.25, -0.2) is 0 Å². The number of hydrogen-bond acceptors (Lipinski definition) is 3. The summed E-state index contributed by atoms with van der Waals surface area (Å²) >= 11 is 5.11. The smallest absolute Gasteiger partial charge is 0.0914 e. The topological polar surface area (TPSA) is 38.0 Å². The minimum absolute atomic E-state index is 0.485. The fraction of sp³-hybridized carbons (Fsp3) is 0.250. The van der Waals surface area contributed by atoms with Crippen LogP contribution in [0.5, 0.6) is 0 Å². The summed E-state index contributed by atoms with van der Waals surface area (Å²) in [7, 11) is 1.84. The summed E-state index contributed by atoms with van der Waals surface area (Å²) in [5.74, 6) is 0.619. The van der Waals surface area contributed by atoms with Crippen molar-refractivity contribution < 1.29 is 5.11 Å². The van der Waals surface area contributed by atoms with Crippen LogP contribution >= 0.6 is 27.7 Å². The first-order valence-corrected chi connectivity index (χ1v) is 6.98. The van der Waals surface area contributed by atoms with Crippen LogP contribution in [0.4, 0.5) is 0 Å². The lowest BCUT2D eigenvalue weighted by molar-refractivity contribution is 0.204. The molecule has 2 aromatic rings. The second kappa shape index (κ2) is 5.71. The number of hydrogen-bond donors (Lipinski definition) is 1. The molecule has 90 valence electrons. The van der Waals surface area contributed by atoms with Crippen molar-refractivity contribution in [1.29, 1.82) is 0 Å². The van der Waals surface area contributed by atoms with Gasteiger partial charge in [-0.3, -0.25) is 4.68 Å². The summed E-state index contributed by atoms with van der Waals surface area (Å²) in [5.41, 5.74) is 0.854. The maximum atomic E-state index is 10.00. The highest BCUT2D eigenvalue weighted by Crippen LogP contribution is 2.30. The van der Waals surface area contributed by atoms with Crippen LogP contribution in [0.3, 0.4) is 0 Å². The van der Waals surface area contributed by atoms with Gasteiger partial charge < -0.3 is 5.11 Å². The number of aliphatic hydroxyl groups is 1. The molecule has 1 N–H and O–H groups in total. The minimum Gasteiger partial charge on any atom is -0.387 e. The maximum Gasteiger partial charge on any atom is 0.0914 e. The number of nitrogens with zero attached hydrogens (tertiary/aromatic N) is 2. The average Bonchev–Trinajstić information content (AvgIpc) is 2.74. The van der Waals surface area contributed by atoms with Gasteiger partial charge in [0.15, 0.2) is 0 Å². The molecule has 5 heteroatoms. The van der Waals surface area contributed by atoms with Crippen LogP contribution < -0.4 is 0 Å². The molecule has 0 aliphatic rings. The summed E-state index contributed by atoms with van der Waals surface area (Å²) < 4.78 is 2.75. The Labute approximate surface area is 113 Å². The molecule has 3 nitrogen and oxygen atoms in total. The average molecular weight is 313 g/mol. The Kier molecular flexibility index (Phi) is 4.25. The number of aromatic nitrogens is 2. The maximum absolute atomic E-state index is 10.00. The Morgan fingerprint density at radius 1 is 1.47 bits per heavy atom. The third-order valence-electron chi connectivity index (χ3n) is 2.34. The highest BCUT2D eigenvalue weighted by Gasteiger charge is 2.10. The van der Waals surface area contributed by atoms with Crippen molar-refractivity contribution in [3.8, 4) is 0 Å². The molecule has 0 amide bonds. The molecule has 17 heavy (non-hydrogen) atoms. The first-order chi connectivity index (χ1) is 8.16. The van der Waals surface area contributed by atoms with E-state index in [1.165, 1.54) is 0 Å². The quantitative estimate of drug-likeness (QED) is 0.882. The van der Waals surface area contributed by atoms with Crippen molar-refractivity contribution >= 4 is 27.7 Å². The van der Waals surface area contributed by atoms with Crippen molar-refractivity contribution in [2.75, 3.05) is 5.75 Å². The van der Waals surface area contributed by atoms with Gasteiger partial charge in [-0.2, -0.15) is 5.10 Å². The lowest BCUT2D eigenvalue weighted by atomic mass is 10.2. The normalized spacial score (nSPS) is 12.6. The molecule has 1 heterocycles. The second-order valence-corrected chi connectivity index (χ2v) is 5.62. The molecule has 0 bridgehead atoms. The molecule has 0 aliphatic carbocycles. The Hall–Kier alpha value is -0.780. The molecular formula is C12H13BrN2OS. The van der Waals surface area contributed by atoms with Gasteiger partial charge in [0, 0.05) is 33.9 Å². The highest BCUT2D eigenvalue weighted by atomic mass is 79.9. The van der Waals surface area contributed by atoms with Crippen molar-refractivity contribution in [3.63, 3.8) is 0 Å². The Morgan fingerprint density at radius 3 is 2.88 bits per heavy atom. The fourth-order valence-electron chi connectivity index (χ4n) is 1.44. The van der Waals surface area contributed by atoms with Gasteiger partial charge in [0.05, 0.1) is 12.3 Å². The van der Waals surface area contributed by atoms with Gasteiger partial charge in [-0.15, -0.1) is 11.8 Å². The Balaban J connectivity index is 1.97. The van der Waals surface area contributed by atoms with Crippen molar-refractivity contribution in [2.24, 2.45) is 7.05 Å². The monoisotopic (exact) mass is 312 g/mol. The van der Waals surface area contributed by atoms with Crippen molar-refractivity contribution in [3.05, 3.63) is 46.7 Å². The predicted octanol–water partition coefficient (Wildman–Crippen LogP) is 3.01. The van der Waals surface area contributed by atoms with Crippen LogP contribution in [-0.2, 0) is 7.05 Å². The van der Waals surface area contributed by atoms with Crippen LogP contribution in [0.1, 0.15) is 11.7 Å². The van der Waals surface area contributed by atoms with Gasteiger partial charge in [-0.1, -0.05) is 12.1 Å². The molecule has 0 saturated carbocycles. The minimum atomic E-state index is -0.485. The molecule has 0 saturated heterocycles. The fourth-order valence-corrected chi connectivity index (χ4v) is 2.98. The highest BCUT2D eigenvalue weighted by molar-refractivity contribution is 9.10. The zero-order chi connectivity index (χ0) is 12.3. The van der Waals surface area contributed by atoms with E-state index in [0.717, 1.165) is 14.9 Å². The third-order valence-corrected chi connectivity index (χ3v) is 4.45. The number of thioether (sulfide) groups is 1. The van der Waals surface area contributed by atoms with E-state index in [1.54, 1.807) is 22.6 Å². The van der Waals surface area contributed by atoms with Gasteiger partial charge in [0.1, 0.15) is 0 Å². The first kappa shape index (κ1) is 12.7. The molecule has 1 aromatic heterocycles.